The molecule has 0 spiro atoms. The second-order valence-electron chi connectivity index (χ2n) is 8.07. The number of alkyl carbamates (subject to hydrolysis) is 1. The highest BCUT2D eigenvalue weighted by molar-refractivity contribution is 5.67. The smallest absolute Gasteiger partial charge is 0.407 e. The Hall–Kier alpha value is -0.770. The minimum absolute atomic E-state index is 0.288. The highest BCUT2D eigenvalue weighted by atomic mass is 16.6. The van der Waals surface area contributed by atoms with Crippen LogP contribution in [0.1, 0.15) is 72.1 Å². The van der Waals surface area contributed by atoms with Crippen molar-refractivity contribution in [2.45, 2.75) is 83.8 Å². The molecule has 0 aliphatic heterocycles. The van der Waals surface area contributed by atoms with Gasteiger partial charge in [-0.15, -0.1) is 0 Å². The number of rotatable bonds is 6. The van der Waals surface area contributed by atoms with Crippen molar-refractivity contribution in [1.82, 2.24) is 10.6 Å². The van der Waals surface area contributed by atoms with E-state index in [1.54, 1.807) is 0 Å². The third-order valence-electron chi connectivity index (χ3n) is 5.00. The average molecular weight is 310 g/mol. The van der Waals surface area contributed by atoms with Crippen LogP contribution < -0.4 is 10.6 Å². The van der Waals surface area contributed by atoms with Crippen LogP contribution in [0.15, 0.2) is 0 Å². The monoisotopic (exact) mass is 310 g/mol. The molecule has 0 radical (unpaired) electrons. The van der Waals surface area contributed by atoms with Crippen LogP contribution in [0.2, 0.25) is 0 Å². The van der Waals surface area contributed by atoms with Crippen LogP contribution in [-0.2, 0) is 4.74 Å². The van der Waals surface area contributed by atoms with Gasteiger partial charge in [0, 0.05) is 12.6 Å². The van der Waals surface area contributed by atoms with Crippen molar-refractivity contribution >= 4 is 6.09 Å². The first kappa shape index (κ1) is 17.6. The Morgan fingerprint density at radius 3 is 2.50 bits per heavy atom. The summed E-state index contributed by atoms with van der Waals surface area (Å²) in [7, 11) is 0. The summed E-state index contributed by atoms with van der Waals surface area (Å²) in [5.41, 5.74) is -0.418. The van der Waals surface area contributed by atoms with E-state index in [9.17, 15) is 4.79 Å². The van der Waals surface area contributed by atoms with Gasteiger partial charge in [-0.05, 0) is 58.4 Å². The molecule has 2 aliphatic carbocycles. The molecule has 2 unspecified atom stereocenters. The van der Waals surface area contributed by atoms with Crippen LogP contribution in [0.5, 0.6) is 0 Å². The van der Waals surface area contributed by atoms with Gasteiger partial charge in [-0.1, -0.05) is 32.1 Å². The molecule has 0 aromatic rings. The molecule has 0 saturated heterocycles. The normalized spacial score (nSPS) is 26.3. The molecule has 2 saturated carbocycles. The maximum Gasteiger partial charge on any atom is 0.407 e. The van der Waals surface area contributed by atoms with E-state index in [0.29, 0.717) is 12.0 Å². The summed E-state index contributed by atoms with van der Waals surface area (Å²) in [6.07, 6.45) is 10.5. The van der Waals surface area contributed by atoms with Crippen molar-refractivity contribution in [2.24, 2.45) is 11.8 Å². The van der Waals surface area contributed by atoms with Gasteiger partial charge in [0.05, 0.1) is 0 Å². The van der Waals surface area contributed by atoms with Gasteiger partial charge < -0.3 is 15.4 Å². The molecule has 128 valence electrons. The highest BCUT2D eigenvalue weighted by Crippen LogP contribution is 2.28. The summed E-state index contributed by atoms with van der Waals surface area (Å²) in [4.78, 5) is 11.8. The SMILES string of the molecule is CC(C)(C)OC(=O)NCC1CCCC1NCCC1CCCC1. The van der Waals surface area contributed by atoms with Crippen molar-refractivity contribution in [2.75, 3.05) is 13.1 Å². The standard InChI is InChI=1S/C18H34N2O2/c1-18(2,3)22-17(21)20-13-15-9-6-10-16(15)19-12-11-14-7-4-5-8-14/h14-16,19H,4-13H2,1-3H3,(H,20,21). The van der Waals surface area contributed by atoms with Gasteiger partial charge in [-0.3, -0.25) is 0 Å². The summed E-state index contributed by atoms with van der Waals surface area (Å²) in [6, 6.07) is 0.566. The highest BCUT2D eigenvalue weighted by Gasteiger charge is 2.28. The van der Waals surface area contributed by atoms with E-state index >= 15 is 0 Å². The van der Waals surface area contributed by atoms with E-state index in [4.69, 9.17) is 4.74 Å². The number of carbonyl (C=O) groups excluding carboxylic acids is 1. The summed E-state index contributed by atoms with van der Waals surface area (Å²) in [5, 5.41) is 6.68. The zero-order valence-corrected chi connectivity index (χ0v) is 14.6. The molecule has 2 aliphatic rings. The molecule has 0 heterocycles. The topological polar surface area (TPSA) is 50.4 Å². The molecule has 2 fully saturated rings. The van der Waals surface area contributed by atoms with Crippen LogP contribution >= 0.6 is 0 Å². The van der Waals surface area contributed by atoms with Crippen molar-refractivity contribution < 1.29 is 9.53 Å². The zero-order valence-electron chi connectivity index (χ0n) is 14.6. The van der Waals surface area contributed by atoms with Crippen molar-refractivity contribution in [3.63, 3.8) is 0 Å². The molecule has 0 aromatic carbocycles. The largest absolute Gasteiger partial charge is 0.444 e. The fourth-order valence-electron chi connectivity index (χ4n) is 3.85. The lowest BCUT2D eigenvalue weighted by Crippen LogP contribution is -2.41. The van der Waals surface area contributed by atoms with E-state index in [1.165, 1.54) is 51.4 Å². The van der Waals surface area contributed by atoms with Gasteiger partial charge in [0.25, 0.3) is 0 Å². The molecular formula is C18H34N2O2. The minimum Gasteiger partial charge on any atom is -0.444 e. The number of ether oxygens (including phenoxy) is 1. The molecule has 2 N–H and O–H groups in total. The third kappa shape index (κ3) is 6.15. The minimum atomic E-state index is -0.418. The molecule has 2 atom stereocenters. The Balaban J connectivity index is 1.63. The first-order chi connectivity index (χ1) is 10.4. The number of hydrogen-bond acceptors (Lipinski definition) is 3. The van der Waals surface area contributed by atoms with Gasteiger partial charge in [-0.25, -0.2) is 4.79 Å². The fraction of sp³-hybridized carbons (Fsp3) is 0.944. The Bertz CT molecular complexity index is 345. The van der Waals surface area contributed by atoms with Crippen LogP contribution in [0.25, 0.3) is 0 Å². The van der Waals surface area contributed by atoms with Crippen LogP contribution in [0.4, 0.5) is 4.79 Å². The quantitative estimate of drug-likeness (QED) is 0.783. The molecular weight excluding hydrogens is 276 g/mol. The van der Waals surface area contributed by atoms with Crippen molar-refractivity contribution in [3.8, 4) is 0 Å². The Morgan fingerprint density at radius 1 is 1.09 bits per heavy atom. The summed E-state index contributed by atoms with van der Waals surface area (Å²) in [5.74, 6) is 1.50. The van der Waals surface area contributed by atoms with Gasteiger partial charge in [0.2, 0.25) is 0 Å². The van der Waals surface area contributed by atoms with Crippen LogP contribution in [-0.4, -0.2) is 30.8 Å². The molecule has 4 nitrogen and oxygen atoms in total. The molecule has 4 heteroatoms. The average Bonchev–Trinajstić information content (AvgIpc) is 3.06. The van der Waals surface area contributed by atoms with E-state index in [0.717, 1.165) is 19.0 Å². The lowest BCUT2D eigenvalue weighted by molar-refractivity contribution is 0.0517. The molecule has 22 heavy (non-hydrogen) atoms. The first-order valence-electron chi connectivity index (χ1n) is 9.14. The molecule has 0 aromatic heterocycles. The summed E-state index contributed by atoms with van der Waals surface area (Å²) < 4.78 is 5.31. The lowest BCUT2D eigenvalue weighted by atomic mass is 10.0. The maximum atomic E-state index is 11.8. The summed E-state index contributed by atoms with van der Waals surface area (Å²) in [6.45, 7) is 7.56. The van der Waals surface area contributed by atoms with E-state index in [-0.39, 0.29) is 6.09 Å². The van der Waals surface area contributed by atoms with Crippen LogP contribution in [0, 0.1) is 11.8 Å². The van der Waals surface area contributed by atoms with E-state index in [2.05, 4.69) is 10.6 Å². The molecule has 0 bridgehead atoms. The second kappa shape index (κ2) is 8.19. The number of hydrogen-bond donors (Lipinski definition) is 2. The van der Waals surface area contributed by atoms with Crippen molar-refractivity contribution in [1.29, 1.82) is 0 Å². The second-order valence-corrected chi connectivity index (χ2v) is 8.07. The van der Waals surface area contributed by atoms with Crippen molar-refractivity contribution in [3.05, 3.63) is 0 Å². The van der Waals surface area contributed by atoms with Gasteiger partial charge >= 0.3 is 6.09 Å². The number of nitrogens with one attached hydrogen (secondary N) is 2. The van der Waals surface area contributed by atoms with Gasteiger partial charge in [-0.2, -0.15) is 0 Å². The zero-order chi connectivity index (χ0) is 16.0. The van der Waals surface area contributed by atoms with E-state index in [1.807, 2.05) is 20.8 Å². The van der Waals surface area contributed by atoms with Crippen LogP contribution in [0.3, 0.4) is 0 Å². The predicted molar refractivity (Wildman–Crippen MR) is 89.9 cm³/mol. The number of amides is 1. The van der Waals surface area contributed by atoms with Gasteiger partial charge in [0.1, 0.15) is 5.60 Å². The molecule has 2 rings (SSSR count). The first-order valence-corrected chi connectivity index (χ1v) is 9.14. The Labute approximate surface area is 135 Å². The number of carbonyl (C=O) groups is 1. The Morgan fingerprint density at radius 2 is 1.82 bits per heavy atom. The summed E-state index contributed by atoms with van der Waals surface area (Å²) >= 11 is 0. The fourth-order valence-corrected chi connectivity index (χ4v) is 3.85. The maximum absolute atomic E-state index is 11.8. The Kier molecular flexibility index (Phi) is 6.54. The van der Waals surface area contributed by atoms with Gasteiger partial charge in [0.15, 0.2) is 0 Å². The van der Waals surface area contributed by atoms with E-state index < -0.39 is 5.60 Å². The third-order valence-corrected chi connectivity index (χ3v) is 5.00. The predicted octanol–water partition coefficient (Wildman–Crippen LogP) is 3.85. The molecule has 1 amide bonds. The lowest BCUT2D eigenvalue weighted by Gasteiger charge is -2.24.